The number of rotatable bonds is 5. The third-order valence-corrected chi connectivity index (χ3v) is 15.7. The molecule has 13 atom stereocenters. The Kier molecular flexibility index (Phi) is 8.63. The second-order valence-corrected chi connectivity index (χ2v) is 17.8. The van der Waals surface area contributed by atoms with Crippen LogP contribution >= 0.6 is 0 Å². The van der Waals surface area contributed by atoms with Crippen molar-refractivity contribution in [3.8, 4) is 5.75 Å². The molecular formula is C41H58O8. The molecular weight excluding hydrogens is 620 g/mol. The van der Waals surface area contributed by atoms with Crippen LogP contribution in [0.2, 0.25) is 0 Å². The van der Waals surface area contributed by atoms with Crippen molar-refractivity contribution in [2.45, 2.75) is 118 Å². The molecule has 1 saturated heterocycles. The highest BCUT2D eigenvalue weighted by atomic mass is 16.7. The number of phenols is 1. The normalized spacial score (nSPS) is 47.2. The summed E-state index contributed by atoms with van der Waals surface area (Å²) in [6.07, 6.45) is 8.12. The summed E-state index contributed by atoms with van der Waals surface area (Å²) in [4.78, 5) is 26.3. The van der Waals surface area contributed by atoms with Crippen molar-refractivity contribution in [3.05, 3.63) is 41.5 Å². The fraction of sp³-hybridized carbons (Fsp3) is 0.756. The van der Waals surface area contributed by atoms with Crippen LogP contribution in [0.5, 0.6) is 5.75 Å². The molecule has 49 heavy (non-hydrogen) atoms. The summed E-state index contributed by atoms with van der Waals surface area (Å²) in [5.41, 5.74) is 1.07. The monoisotopic (exact) mass is 678 g/mol. The molecule has 1 aromatic carbocycles. The van der Waals surface area contributed by atoms with Crippen LogP contribution in [0.3, 0.4) is 0 Å². The number of allylic oxidation sites excluding steroid dienone is 2. The standard InChI is InChI=1S/C41H58O8/c1-8-46-32(44)22-47-36(45)41-18-15-24(2)25(3)33(41)28-13-14-31-37(4)21-29(43)34-38(5,23-48-35(49-34)26-9-11-27(42)12-10-26)30(37)16-17-40(31,7)39(28,6)19-20-41/h9-13,24-25,29-31,33-35,42-43H,8,14-23H2,1-7H3/t24-,25+,29-,30?,31?,33?,34+,35?,37+,38+,39-,40-,41+/m1/s1. The predicted molar refractivity (Wildman–Crippen MR) is 184 cm³/mol. The number of esters is 2. The van der Waals surface area contributed by atoms with E-state index < -0.39 is 23.8 Å². The highest BCUT2D eigenvalue weighted by Crippen LogP contribution is 2.76. The molecule has 4 unspecified atom stereocenters. The third kappa shape index (κ3) is 5.00. The first-order valence-corrected chi connectivity index (χ1v) is 18.9. The summed E-state index contributed by atoms with van der Waals surface area (Å²) in [6, 6.07) is 6.95. The van der Waals surface area contributed by atoms with E-state index in [2.05, 4.69) is 47.6 Å². The number of benzene rings is 1. The van der Waals surface area contributed by atoms with Gasteiger partial charge in [0.1, 0.15) is 5.75 Å². The summed E-state index contributed by atoms with van der Waals surface area (Å²) >= 11 is 0. The number of aliphatic hydroxyl groups excluding tert-OH is 1. The van der Waals surface area contributed by atoms with Crippen LogP contribution in [-0.4, -0.2) is 54.2 Å². The zero-order valence-corrected chi connectivity index (χ0v) is 30.6. The SMILES string of the molecule is CCOC(=O)COC(=O)[C@]12CC[C@@H](C)[C@H](C)C1C1=CCC3[C@@]4(C)C[C@@H](O)[C@@H]5OC(c6ccc(O)cc6)OC[C@@]5(C)C4CC[C@@]3(C)[C@]1(C)CC2. The lowest BCUT2D eigenvalue weighted by Gasteiger charge is -2.72. The van der Waals surface area contributed by atoms with Crippen molar-refractivity contribution in [2.24, 2.45) is 56.7 Å². The largest absolute Gasteiger partial charge is 0.508 e. The van der Waals surface area contributed by atoms with Crippen molar-refractivity contribution < 1.29 is 38.7 Å². The van der Waals surface area contributed by atoms with Gasteiger partial charge in [0.2, 0.25) is 0 Å². The van der Waals surface area contributed by atoms with Crippen molar-refractivity contribution in [1.82, 2.24) is 0 Å². The van der Waals surface area contributed by atoms with Gasteiger partial charge in [-0.1, -0.05) is 65.3 Å². The molecule has 7 rings (SSSR count). The second kappa shape index (κ2) is 12.1. The van der Waals surface area contributed by atoms with Crippen molar-refractivity contribution in [2.75, 3.05) is 19.8 Å². The van der Waals surface area contributed by atoms with Gasteiger partial charge < -0.3 is 29.2 Å². The van der Waals surface area contributed by atoms with Crippen molar-refractivity contribution in [3.63, 3.8) is 0 Å². The van der Waals surface area contributed by atoms with Crippen LogP contribution in [0.15, 0.2) is 35.9 Å². The van der Waals surface area contributed by atoms with E-state index in [1.807, 2.05) is 12.1 Å². The van der Waals surface area contributed by atoms with Crippen LogP contribution < -0.4 is 0 Å². The molecule has 0 aromatic heterocycles. The molecule has 0 amide bonds. The maximum Gasteiger partial charge on any atom is 0.344 e. The minimum Gasteiger partial charge on any atom is -0.508 e. The Morgan fingerprint density at radius 1 is 0.939 bits per heavy atom. The molecule has 1 aromatic rings. The summed E-state index contributed by atoms with van der Waals surface area (Å²) in [5.74, 6) is 1.03. The molecule has 0 radical (unpaired) electrons. The summed E-state index contributed by atoms with van der Waals surface area (Å²) in [7, 11) is 0. The lowest BCUT2D eigenvalue weighted by Crippen LogP contribution is -2.69. The zero-order chi connectivity index (χ0) is 35.1. The molecule has 0 spiro atoms. The Labute approximate surface area is 292 Å². The number of carbonyl (C=O) groups is 2. The first-order chi connectivity index (χ1) is 23.1. The van der Waals surface area contributed by atoms with E-state index in [-0.39, 0.29) is 58.6 Å². The van der Waals surface area contributed by atoms with Gasteiger partial charge in [0.25, 0.3) is 0 Å². The van der Waals surface area contributed by atoms with E-state index in [0.29, 0.717) is 36.7 Å². The van der Waals surface area contributed by atoms with E-state index in [0.717, 1.165) is 50.5 Å². The van der Waals surface area contributed by atoms with Gasteiger partial charge in [0, 0.05) is 11.0 Å². The quantitative estimate of drug-likeness (QED) is 0.243. The number of phenolic OH excluding ortho intramolecular Hbond substituents is 1. The first-order valence-electron chi connectivity index (χ1n) is 18.9. The van der Waals surface area contributed by atoms with Gasteiger partial charge in [-0.2, -0.15) is 0 Å². The van der Waals surface area contributed by atoms with Gasteiger partial charge in [-0.15, -0.1) is 0 Å². The number of fused-ring (bicyclic) bond motifs is 9. The maximum absolute atomic E-state index is 14.1. The smallest absolute Gasteiger partial charge is 0.344 e. The number of hydrogen-bond acceptors (Lipinski definition) is 8. The van der Waals surface area contributed by atoms with Crippen LogP contribution in [0.1, 0.15) is 112 Å². The van der Waals surface area contributed by atoms with Crippen LogP contribution in [0.4, 0.5) is 0 Å². The topological polar surface area (TPSA) is 112 Å². The Hall–Kier alpha value is -2.42. The fourth-order valence-electron chi connectivity index (χ4n) is 12.9. The minimum atomic E-state index is -0.624. The minimum absolute atomic E-state index is 0.0163. The van der Waals surface area contributed by atoms with Crippen LogP contribution in [0, 0.1) is 56.7 Å². The maximum atomic E-state index is 14.1. The van der Waals surface area contributed by atoms with Gasteiger partial charge in [0.05, 0.1) is 30.8 Å². The summed E-state index contributed by atoms with van der Waals surface area (Å²) in [5, 5.41) is 21.8. The number of ether oxygens (including phenoxy) is 4. The molecule has 5 fully saturated rings. The Morgan fingerprint density at radius 3 is 2.39 bits per heavy atom. The Bertz CT molecular complexity index is 1490. The lowest BCUT2D eigenvalue weighted by atomic mass is 9.33. The number of hydrogen-bond donors (Lipinski definition) is 2. The summed E-state index contributed by atoms with van der Waals surface area (Å²) < 4.78 is 23.9. The molecule has 270 valence electrons. The molecule has 2 N–H and O–H groups in total. The van der Waals surface area contributed by atoms with E-state index in [1.54, 1.807) is 19.1 Å². The molecule has 1 heterocycles. The zero-order valence-electron chi connectivity index (χ0n) is 30.6. The number of aromatic hydroxyl groups is 1. The van der Waals surface area contributed by atoms with Gasteiger partial charge >= 0.3 is 11.9 Å². The van der Waals surface area contributed by atoms with Crippen molar-refractivity contribution >= 4 is 11.9 Å². The highest BCUT2D eigenvalue weighted by Gasteiger charge is 2.71. The second-order valence-electron chi connectivity index (χ2n) is 17.8. The Balaban J connectivity index is 1.20. The molecule has 5 aliphatic carbocycles. The van der Waals surface area contributed by atoms with Gasteiger partial charge in [-0.05, 0) is 116 Å². The van der Waals surface area contributed by atoms with E-state index in [4.69, 9.17) is 18.9 Å². The van der Waals surface area contributed by atoms with Crippen LogP contribution in [0.25, 0.3) is 0 Å². The van der Waals surface area contributed by atoms with Gasteiger partial charge in [0.15, 0.2) is 12.9 Å². The van der Waals surface area contributed by atoms with E-state index in [1.165, 1.54) is 5.57 Å². The molecule has 6 aliphatic rings. The van der Waals surface area contributed by atoms with Crippen LogP contribution in [-0.2, 0) is 28.5 Å². The average Bonchev–Trinajstić information content (AvgIpc) is 3.06. The number of carbonyl (C=O) groups excluding carboxylic acids is 2. The molecule has 4 saturated carbocycles. The van der Waals surface area contributed by atoms with Gasteiger partial charge in [-0.25, -0.2) is 4.79 Å². The van der Waals surface area contributed by atoms with Gasteiger partial charge in [-0.3, -0.25) is 4.79 Å². The fourth-order valence-corrected chi connectivity index (χ4v) is 12.9. The highest BCUT2D eigenvalue weighted by molar-refractivity contribution is 5.82. The van der Waals surface area contributed by atoms with E-state index >= 15 is 0 Å². The molecule has 0 bridgehead atoms. The lowest BCUT2D eigenvalue weighted by molar-refractivity contribution is -0.339. The number of aliphatic hydroxyl groups is 1. The predicted octanol–water partition coefficient (Wildman–Crippen LogP) is 7.52. The Morgan fingerprint density at radius 2 is 1.67 bits per heavy atom. The van der Waals surface area contributed by atoms with Crippen molar-refractivity contribution in [1.29, 1.82) is 0 Å². The first kappa shape index (κ1) is 35.0. The molecule has 1 aliphatic heterocycles. The average molecular weight is 679 g/mol. The summed E-state index contributed by atoms with van der Waals surface area (Å²) in [6.45, 7) is 16.6. The third-order valence-electron chi connectivity index (χ3n) is 15.7. The van der Waals surface area contributed by atoms with E-state index in [9.17, 15) is 19.8 Å². The molecule has 8 nitrogen and oxygen atoms in total. The molecule has 8 heteroatoms.